The summed E-state index contributed by atoms with van der Waals surface area (Å²) in [5, 5.41) is 11.5. The molecule has 0 fully saturated rings. The molecule has 1 aliphatic rings. The summed E-state index contributed by atoms with van der Waals surface area (Å²) >= 11 is 0. The van der Waals surface area contributed by atoms with E-state index in [1.807, 2.05) is 0 Å². The van der Waals surface area contributed by atoms with Crippen LogP contribution in [0.2, 0.25) is 0 Å². The van der Waals surface area contributed by atoms with Crippen LogP contribution in [0.15, 0.2) is 36.4 Å². The van der Waals surface area contributed by atoms with E-state index in [2.05, 4.69) is 4.74 Å². The summed E-state index contributed by atoms with van der Waals surface area (Å²) < 4.78 is 15.9. The molecule has 146 valence electrons. The van der Waals surface area contributed by atoms with Gasteiger partial charge in [-0.3, -0.25) is 10.1 Å². The van der Waals surface area contributed by atoms with Crippen LogP contribution in [0.1, 0.15) is 31.1 Å². The zero-order chi connectivity index (χ0) is 20.6. The molecule has 3 rings (SSSR count). The molecule has 0 saturated heterocycles. The van der Waals surface area contributed by atoms with Crippen LogP contribution < -0.4 is 9.64 Å². The largest absolute Gasteiger partial charge is 0.465 e. The van der Waals surface area contributed by atoms with Gasteiger partial charge in [0.2, 0.25) is 0 Å². The fraction of sp³-hybridized carbons (Fsp3) is 0.263. The summed E-state index contributed by atoms with van der Waals surface area (Å²) in [5.41, 5.74) is -1.13. The molecule has 28 heavy (non-hydrogen) atoms. The van der Waals surface area contributed by atoms with E-state index in [4.69, 9.17) is 9.47 Å². The molecular formula is C19H18N2O7. The Morgan fingerprint density at radius 1 is 1.11 bits per heavy atom. The maximum Gasteiger partial charge on any atom is 0.419 e. The Labute approximate surface area is 160 Å². The second kappa shape index (κ2) is 6.84. The monoisotopic (exact) mass is 386 g/mol. The third-order valence-corrected chi connectivity index (χ3v) is 3.82. The Morgan fingerprint density at radius 2 is 1.79 bits per heavy atom. The van der Waals surface area contributed by atoms with Crippen molar-refractivity contribution in [2.45, 2.75) is 26.4 Å². The van der Waals surface area contributed by atoms with Crippen LogP contribution in [0.5, 0.6) is 11.5 Å². The minimum Gasteiger partial charge on any atom is -0.465 e. The highest BCUT2D eigenvalue weighted by Crippen LogP contribution is 2.49. The molecule has 0 saturated carbocycles. The highest BCUT2D eigenvalue weighted by Gasteiger charge is 2.36. The van der Waals surface area contributed by atoms with Crippen molar-refractivity contribution in [2.24, 2.45) is 0 Å². The number of para-hydroxylation sites is 2. The van der Waals surface area contributed by atoms with Crippen molar-refractivity contribution in [3.8, 4) is 11.5 Å². The number of nitrogens with zero attached hydrogens (tertiary/aromatic N) is 2. The number of fused-ring (bicyclic) bond motifs is 2. The van der Waals surface area contributed by atoms with Gasteiger partial charge in [-0.1, -0.05) is 12.1 Å². The minimum absolute atomic E-state index is 0.0901. The Hall–Kier alpha value is -3.62. The summed E-state index contributed by atoms with van der Waals surface area (Å²) in [6.45, 7) is 5.13. The molecule has 0 N–H and O–H groups in total. The lowest BCUT2D eigenvalue weighted by Crippen LogP contribution is -2.35. The molecule has 0 atom stereocenters. The fourth-order valence-electron chi connectivity index (χ4n) is 2.72. The number of nitro groups is 1. The van der Waals surface area contributed by atoms with Crippen LogP contribution in [-0.4, -0.2) is 29.7 Å². The van der Waals surface area contributed by atoms with Gasteiger partial charge >= 0.3 is 12.1 Å². The molecule has 0 bridgehead atoms. The van der Waals surface area contributed by atoms with Crippen molar-refractivity contribution < 1.29 is 28.7 Å². The van der Waals surface area contributed by atoms with Crippen molar-refractivity contribution in [3.63, 3.8) is 0 Å². The van der Waals surface area contributed by atoms with E-state index in [1.54, 1.807) is 45.0 Å². The number of ether oxygens (including phenoxy) is 3. The lowest BCUT2D eigenvalue weighted by Gasteiger charge is -2.32. The maximum absolute atomic E-state index is 12.9. The minimum atomic E-state index is -0.888. The SMILES string of the molecule is COC(=O)c1cc2c(cc1[N+](=O)[O-])N(C(=O)OC(C)(C)C)c1ccccc1O2. The Morgan fingerprint density at radius 3 is 2.39 bits per heavy atom. The smallest absolute Gasteiger partial charge is 0.419 e. The number of rotatable bonds is 2. The van der Waals surface area contributed by atoms with E-state index in [9.17, 15) is 19.7 Å². The number of benzene rings is 2. The van der Waals surface area contributed by atoms with Crippen molar-refractivity contribution in [1.82, 2.24) is 0 Å². The predicted octanol–water partition coefficient (Wildman–Crippen LogP) is 4.56. The number of carbonyl (C=O) groups is 2. The van der Waals surface area contributed by atoms with E-state index in [0.717, 1.165) is 13.2 Å². The molecule has 0 unspecified atom stereocenters. The normalized spacial score (nSPS) is 12.4. The molecule has 2 aromatic carbocycles. The van der Waals surface area contributed by atoms with Gasteiger partial charge in [-0.25, -0.2) is 14.5 Å². The maximum atomic E-state index is 12.9. The predicted molar refractivity (Wildman–Crippen MR) is 99.3 cm³/mol. The molecular weight excluding hydrogens is 368 g/mol. The highest BCUT2D eigenvalue weighted by molar-refractivity contribution is 6.03. The van der Waals surface area contributed by atoms with Gasteiger partial charge in [-0.2, -0.15) is 0 Å². The Kier molecular flexibility index (Phi) is 4.68. The molecule has 0 radical (unpaired) electrons. The van der Waals surface area contributed by atoms with Gasteiger partial charge in [0.1, 0.15) is 16.9 Å². The first-order valence-corrected chi connectivity index (χ1v) is 8.33. The van der Waals surface area contributed by atoms with E-state index in [-0.39, 0.29) is 17.0 Å². The molecule has 2 aromatic rings. The van der Waals surface area contributed by atoms with Gasteiger partial charge in [-0.05, 0) is 32.9 Å². The van der Waals surface area contributed by atoms with Crippen LogP contribution >= 0.6 is 0 Å². The molecule has 9 nitrogen and oxygen atoms in total. The summed E-state index contributed by atoms with van der Waals surface area (Å²) in [6, 6.07) is 8.96. The van der Waals surface area contributed by atoms with Crippen LogP contribution in [0, 0.1) is 10.1 Å². The summed E-state index contributed by atoms with van der Waals surface area (Å²) in [5.74, 6) is -0.457. The zero-order valence-corrected chi connectivity index (χ0v) is 15.7. The summed E-state index contributed by atoms with van der Waals surface area (Å²) in [6.07, 6.45) is -0.732. The van der Waals surface area contributed by atoms with Crippen LogP contribution in [-0.2, 0) is 9.47 Å². The number of amides is 1. The molecule has 9 heteroatoms. The second-order valence-electron chi connectivity index (χ2n) is 6.97. The van der Waals surface area contributed by atoms with E-state index >= 15 is 0 Å². The number of carbonyl (C=O) groups excluding carboxylic acids is 2. The molecule has 1 amide bonds. The van der Waals surface area contributed by atoms with Crippen LogP contribution in [0.3, 0.4) is 0 Å². The quantitative estimate of drug-likeness (QED) is 0.423. The number of methoxy groups -OCH3 is 1. The van der Waals surface area contributed by atoms with E-state index in [1.165, 1.54) is 11.0 Å². The second-order valence-corrected chi connectivity index (χ2v) is 6.97. The standard InChI is InChI=1S/C19H18N2O7/c1-19(2,3)28-18(23)20-12-7-5-6-8-15(12)27-16-9-11(17(22)26-4)13(21(24)25)10-14(16)20/h5-10H,1-4H3. The molecule has 1 aliphatic heterocycles. The van der Waals surface area contributed by atoms with Gasteiger partial charge in [-0.15, -0.1) is 0 Å². The van der Waals surface area contributed by atoms with Gasteiger partial charge in [0, 0.05) is 12.1 Å². The first-order valence-electron chi connectivity index (χ1n) is 8.33. The van der Waals surface area contributed by atoms with E-state index < -0.39 is 28.3 Å². The van der Waals surface area contributed by atoms with Crippen molar-refractivity contribution in [3.05, 3.63) is 52.1 Å². The zero-order valence-electron chi connectivity index (χ0n) is 15.7. The van der Waals surface area contributed by atoms with E-state index in [0.29, 0.717) is 11.4 Å². The molecule has 0 spiro atoms. The van der Waals surface area contributed by atoms with Crippen molar-refractivity contribution >= 4 is 29.1 Å². The van der Waals surface area contributed by atoms with Crippen LogP contribution in [0.4, 0.5) is 21.9 Å². The number of anilines is 2. The molecule has 1 heterocycles. The average molecular weight is 386 g/mol. The van der Waals surface area contributed by atoms with Gasteiger partial charge in [0.15, 0.2) is 11.5 Å². The Balaban J connectivity index is 2.22. The first kappa shape index (κ1) is 19.2. The highest BCUT2D eigenvalue weighted by atomic mass is 16.6. The van der Waals surface area contributed by atoms with Gasteiger partial charge in [0.25, 0.3) is 5.69 Å². The first-order chi connectivity index (χ1) is 13.1. The Bertz CT molecular complexity index is 979. The fourth-order valence-corrected chi connectivity index (χ4v) is 2.72. The number of hydrogen-bond donors (Lipinski definition) is 0. The van der Waals surface area contributed by atoms with Crippen LogP contribution in [0.25, 0.3) is 0 Å². The molecule has 0 aliphatic carbocycles. The third-order valence-electron chi connectivity index (χ3n) is 3.82. The summed E-state index contributed by atoms with van der Waals surface area (Å²) in [4.78, 5) is 36.8. The van der Waals surface area contributed by atoms with Crippen molar-refractivity contribution in [1.29, 1.82) is 0 Å². The topological polar surface area (TPSA) is 108 Å². The molecule has 0 aromatic heterocycles. The van der Waals surface area contributed by atoms with Crippen molar-refractivity contribution in [2.75, 3.05) is 12.0 Å². The summed E-state index contributed by atoms with van der Waals surface area (Å²) in [7, 11) is 1.12. The van der Waals surface area contributed by atoms with Gasteiger partial charge in [0.05, 0.1) is 17.7 Å². The number of nitro benzene ring substituents is 1. The van der Waals surface area contributed by atoms with Gasteiger partial charge < -0.3 is 14.2 Å². The number of hydrogen-bond acceptors (Lipinski definition) is 7. The third kappa shape index (κ3) is 3.46. The average Bonchev–Trinajstić information content (AvgIpc) is 2.62. The lowest BCUT2D eigenvalue weighted by atomic mass is 10.1. The number of esters is 1. The lowest BCUT2D eigenvalue weighted by molar-refractivity contribution is -0.385.